The molecule has 144 valence electrons. The molecular formula is C19H20F2N2O3S. The molecule has 1 aliphatic rings. The van der Waals surface area contributed by atoms with Crippen molar-refractivity contribution in [3.8, 4) is 0 Å². The number of benzene rings is 2. The van der Waals surface area contributed by atoms with E-state index in [1.54, 1.807) is 0 Å². The summed E-state index contributed by atoms with van der Waals surface area (Å²) >= 11 is 0. The molecule has 2 aromatic rings. The molecule has 2 aromatic carbocycles. The van der Waals surface area contributed by atoms with Crippen molar-refractivity contribution in [1.29, 1.82) is 0 Å². The van der Waals surface area contributed by atoms with Gasteiger partial charge in [-0.05, 0) is 56.2 Å². The lowest BCUT2D eigenvalue weighted by Gasteiger charge is -2.32. The Bertz CT molecular complexity index is 946. The van der Waals surface area contributed by atoms with Gasteiger partial charge in [0.15, 0.2) is 11.6 Å². The first-order valence-electron chi connectivity index (χ1n) is 8.67. The zero-order valence-electron chi connectivity index (χ0n) is 14.8. The van der Waals surface area contributed by atoms with Gasteiger partial charge in [0.1, 0.15) is 0 Å². The van der Waals surface area contributed by atoms with Gasteiger partial charge in [-0.2, -0.15) is 4.31 Å². The van der Waals surface area contributed by atoms with E-state index < -0.39 is 27.6 Å². The lowest BCUT2D eigenvalue weighted by atomic mass is 10.1. The molecule has 1 amide bonds. The van der Waals surface area contributed by atoms with Gasteiger partial charge >= 0.3 is 0 Å². The Morgan fingerprint density at radius 3 is 2.41 bits per heavy atom. The van der Waals surface area contributed by atoms with Gasteiger partial charge in [-0.1, -0.05) is 6.42 Å². The van der Waals surface area contributed by atoms with Crippen molar-refractivity contribution in [1.82, 2.24) is 4.31 Å². The van der Waals surface area contributed by atoms with Gasteiger partial charge in [-0.15, -0.1) is 0 Å². The van der Waals surface area contributed by atoms with Crippen LogP contribution in [0.15, 0.2) is 47.4 Å². The van der Waals surface area contributed by atoms with E-state index >= 15 is 0 Å². The fraction of sp³-hybridized carbons (Fsp3) is 0.316. The summed E-state index contributed by atoms with van der Waals surface area (Å²) < 4.78 is 53.2. The smallest absolute Gasteiger partial charge is 0.255 e. The molecule has 0 bridgehead atoms. The number of nitrogens with one attached hydrogen (secondary N) is 1. The van der Waals surface area contributed by atoms with E-state index in [9.17, 15) is 22.0 Å². The number of hydrogen-bond donors (Lipinski definition) is 1. The van der Waals surface area contributed by atoms with Gasteiger partial charge < -0.3 is 5.32 Å². The van der Waals surface area contributed by atoms with Crippen LogP contribution in [0.5, 0.6) is 0 Å². The predicted molar refractivity (Wildman–Crippen MR) is 98.0 cm³/mol. The van der Waals surface area contributed by atoms with Crippen LogP contribution in [0.1, 0.15) is 36.5 Å². The Labute approximate surface area is 157 Å². The molecule has 3 rings (SSSR count). The number of rotatable bonds is 4. The number of carbonyl (C=O) groups is 1. The molecule has 0 radical (unpaired) electrons. The first-order chi connectivity index (χ1) is 12.8. The first-order valence-corrected chi connectivity index (χ1v) is 10.1. The Balaban J connectivity index is 1.76. The van der Waals surface area contributed by atoms with Crippen LogP contribution in [0.2, 0.25) is 0 Å². The van der Waals surface area contributed by atoms with Crippen LogP contribution in [0.4, 0.5) is 14.5 Å². The average molecular weight is 394 g/mol. The summed E-state index contributed by atoms with van der Waals surface area (Å²) in [6, 6.07) is 8.55. The highest BCUT2D eigenvalue weighted by Gasteiger charge is 2.30. The zero-order chi connectivity index (χ0) is 19.6. The van der Waals surface area contributed by atoms with E-state index in [4.69, 9.17) is 0 Å². The molecule has 0 saturated carbocycles. The van der Waals surface area contributed by atoms with Gasteiger partial charge in [0, 0.05) is 29.9 Å². The van der Waals surface area contributed by atoms with Crippen molar-refractivity contribution in [2.24, 2.45) is 0 Å². The highest BCUT2D eigenvalue weighted by Crippen LogP contribution is 2.25. The summed E-state index contributed by atoms with van der Waals surface area (Å²) in [6.07, 6.45) is 2.67. The maximum absolute atomic E-state index is 13.2. The van der Waals surface area contributed by atoms with Crippen LogP contribution in [0.3, 0.4) is 0 Å². The summed E-state index contributed by atoms with van der Waals surface area (Å²) in [6.45, 7) is 2.38. The SMILES string of the molecule is CC1CCCCN1S(=O)(=O)c1ccc(C(=O)Nc2ccc(F)c(F)c2)cc1. The van der Waals surface area contributed by atoms with E-state index in [1.165, 1.54) is 34.6 Å². The fourth-order valence-corrected chi connectivity index (χ4v) is 4.82. The quantitative estimate of drug-likeness (QED) is 0.858. The molecular weight excluding hydrogens is 374 g/mol. The van der Waals surface area contributed by atoms with E-state index in [-0.39, 0.29) is 22.2 Å². The van der Waals surface area contributed by atoms with E-state index in [1.807, 2.05) is 6.92 Å². The number of nitrogens with zero attached hydrogens (tertiary/aromatic N) is 1. The number of halogens is 2. The normalized spacial score (nSPS) is 18.3. The van der Waals surface area contributed by atoms with E-state index in [2.05, 4.69) is 5.32 Å². The molecule has 0 spiro atoms. The molecule has 0 aliphatic carbocycles. The van der Waals surface area contributed by atoms with Gasteiger partial charge in [0.2, 0.25) is 10.0 Å². The largest absolute Gasteiger partial charge is 0.322 e. The third-order valence-electron chi connectivity index (χ3n) is 4.64. The highest BCUT2D eigenvalue weighted by atomic mass is 32.2. The molecule has 27 heavy (non-hydrogen) atoms. The van der Waals surface area contributed by atoms with Gasteiger partial charge in [-0.25, -0.2) is 17.2 Å². The first kappa shape index (κ1) is 19.4. The summed E-state index contributed by atoms with van der Waals surface area (Å²) in [5.74, 6) is -2.62. The molecule has 1 unspecified atom stereocenters. The summed E-state index contributed by atoms with van der Waals surface area (Å²) in [7, 11) is -3.61. The Morgan fingerprint density at radius 1 is 1.07 bits per heavy atom. The van der Waals surface area contributed by atoms with Crippen LogP contribution < -0.4 is 5.32 Å². The zero-order valence-corrected chi connectivity index (χ0v) is 15.6. The third kappa shape index (κ3) is 4.17. The molecule has 5 nitrogen and oxygen atoms in total. The Morgan fingerprint density at radius 2 is 1.78 bits per heavy atom. The third-order valence-corrected chi connectivity index (χ3v) is 6.67. The van der Waals surface area contributed by atoms with Crippen molar-refractivity contribution in [3.05, 3.63) is 59.7 Å². The summed E-state index contributed by atoms with van der Waals surface area (Å²) in [4.78, 5) is 12.4. The molecule has 1 atom stereocenters. The second kappa shape index (κ2) is 7.74. The Kier molecular flexibility index (Phi) is 5.57. The number of hydrogen-bond acceptors (Lipinski definition) is 3. The molecule has 1 aliphatic heterocycles. The van der Waals surface area contributed by atoms with Crippen LogP contribution >= 0.6 is 0 Å². The van der Waals surface area contributed by atoms with Crippen LogP contribution in [-0.2, 0) is 10.0 Å². The van der Waals surface area contributed by atoms with Gasteiger partial charge in [0.05, 0.1) is 4.90 Å². The molecule has 1 N–H and O–H groups in total. The highest BCUT2D eigenvalue weighted by molar-refractivity contribution is 7.89. The lowest BCUT2D eigenvalue weighted by Crippen LogP contribution is -2.41. The minimum atomic E-state index is -3.61. The molecule has 1 heterocycles. The van der Waals surface area contributed by atoms with E-state index in [0.29, 0.717) is 6.54 Å². The van der Waals surface area contributed by atoms with Gasteiger partial charge in [-0.3, -0.25) is 4.79 Å². The summed E-state index contributed by atoms with van der Waals surface area (Å²) in [5.41, 5.74) is 0.322. The topological polar surface area (TPSA) is 66.5 Å². The number of anilines is 1. The van der Waals surface area contributed by atoms with Crippen molar-refractivity contribution in [2.45, 2.75) is 37.1 Å². The second-order valence-electron chi connectivity index (χ2n) is 6.57. The monoisotopic (exact) mass is 394 g/mol. The average Bonchev–Trinajstić information content (AvgIpc) is 2.65. The molecule has 0 aromatic heterocycles. The Hall–Kier alpha value is -2.32. The standard InChI is InChI=1S/C19H20F2N2O3S/c1-13-4-2-3-11-23(13)27(25,26)16-8-5-14(6-9-16)19(24)22-15-7-10-17(20)18(21)12-15/h5-10,12-13H,2-4,11H2,1H3,(H,22,24). The molecule has 1 saturated heterocycles. The van der Waals surface area contributed by atoms with Crippen molar-refractivity contribution >= 4 is 21.6 Å². The van der Waals surface area contributed by atoms with E-state index in [0.717, 1.165) is 31.4 Å². The van der Waals surface area contributed by atoms with Crippen molar-refractivity contribution < 1.29 is 22.0 Å². The van der Waals surface area contributed by atoms with Crippen molar-refractivity contribution in [2.75, 3.05) is 11.9 Å². The minimum absolute atomic E-state index is 0.0555. The van der Waals surface area contributed by atoms with Crippen molar-refractivity contribution in [3.63, 3.8) is 0 Å². The molecule has 1 fully saturated rings. The minimum Gasteiger partial charge on any atom is -0.322 e. The van der Waals surface area contributed by atoms with Gasteiger partial charge in [0.25, 0.3) is 5.91 Å². The maximum Gasteiger partial charge on any atom is 0.255 e. The predicted octanol–water partition coefficient (Wildman–Crippen LogP) is 3.78. The second-order valence-corrected chi connectivity index (χ2v) is 8.46. The number of piperidine rings is 1. The fourth-order valence-electron chi connectivity index (χ4n) is 3.12. The number of carbonyl (C=O) groups excluding carboxylic acids is 1. The summed E-state index contributed by atoms with van der Waals surface area (Å²) in [5, 5.41) is 2.45. The number of sulfonamides is 1. The lowest BCUT2D eigenvalue weighted by molar-refractivity contribution is 0.102. The maximum atomic E-state index is 13.2. The number of amides is 1. The van der Waals surface area contributed by atoms with Crippen LogP contribution in [0, 0.1) is 11.6 Å². The molecule has 8 heteroatoms. The van der Waals surface area contributed by atoms with Crippen LogP contribution in [-0.4, -0.2) is 31.2 Å². The van der Waals surface area contributed by atoms with Crippen LogP contribution in [0.25, 0.3) is 0 Å².